The predicted molar refractivity (Wildman–Crippen MR) is 480 cm³/mol. The molecule has 1 aliphatic heterocycles. The molecule has 0 amide bonds. The van der Waals surface area contributed by atoms with Crippen molar-refractivity contribution in [3.05, 3.63) is 258 Å². The number of pyridine rings is 5. The summed E-state index contributed by atoms with van der Waals surface area (Å²) in [5.74, 6) is 2.18. The number of H-pyrrole nitrogens is 4. The van der Waals surface area contributed by atoms with Crippen LogP contribution in [0.3, 0.4) is 0 Å². The monoisotopic (exact) mass is 1780 g/mol. The second kappa shape index (κ2) is 36.8. The van der Waals surface area contributed by atoms with Crippen LogP contribution in [0.25, 0.3) is 123 Å². The van der Waals surface area contributed by atoms with E-state index >= 15 is 0 Å². The lowest BCUT2D eigenvalue weighted by Gasteiger charge is -2.32. The number of nitrogens with one attached hydrogen (secondary N) is 4. The van der Waals surface area contributed by atoms with Crippen LogP contribution in [0.4, 0.5) is 0 Å². The first kappa shape index (κ1) is 84.7. The van der Waals surface area contributed by atoms with Crippen molar-refractivity contribution in [2.45, 2.75) is 99.9 Å². The zero-order valence-corrected chi connectivity index (χ0v) is 72.4. The molecule has 18 rings (SSSR count). The van der Waals surface area contributed by atoms with Gasteiger partial charge in [-0.25, -0.2) is 15.0 Å². The summed E-state index contributed by atoms with van der Waals surface area (Å²) in [5.41, 5.74) is 24.2. The highest BCUT2D eigenvalue weighted by Crippen LogP contribution is 2.42. The summed E-state index contributed by atoms with van der Waals surface area (Å²) in [6.45, 7) is 22.0. The summed E-state index contributed by atoms with van der Waals surface area (Å²) in [6.07, 6.45) is 17.8. The molecule has 17 aromatic rings. The molecular weight excluding hydrogens is 1710 g/mol. The summed E-state index contributed by atoms with van der Waals surface area (Å²) in [5, 5.41) is 56.8. The number of rotatable bonds is 13. The highest BCUT2D eigenvalue weighted by molar-refractivity contribution is 9.11. The molecule has 588 valence electrons. The van der Waals surface area contributed by atoms with Gasteiger partial charge in [0.1, 0.15) is 32.2 Å². The first-order valence-corrected chi connectivity index (χ1v) is 43.0. The molecule has 4 radical (unpaired) electrons. The van der Waals surface area contributed by atoms with Gasteiger partial charge in [-0.1, -0.05) is 60.7 Å². The molecule has 1 aliphatic rings. The maximum Gasteiger partial charge on any atom is 0.494 e. The van der Waals surface area contributed by atoms with Crippen molar-refractivity contribution in [3.63, 3.8) is 0 Å². The molecule has 12 heterocycles. The van der Waals surface area contributed by atoms with Crippen LogP contribution in [0.15, 0.2) is 203 Å². The van der Waals surface area contributed by atoms with Gasteiger partial charge in [0.25, 0.3) is 0 Å². The fourth-order valence-electron chi connectivity index (χ4n) is 13.0. The van der Waals surface area contributed by atoms with E-state index in [0.717, 1.165) is 192 Å². The van der Waals surface area contributed by atoms with E-state index in [2.05, 4.69) is 149 Å². The van der Waals surface area contributed by atoms with Gasteiger partial charge in [-0.2, -0.15) is 15.3 Å². The standard InChI is InChI=1S/C22H19BN5OP.C21H23B2N4O2P.C21H17N5O.2C7H8BrNO.C7H6BrNO/c1-13-15(12-29)10-24-11-17(13)14-7-8-20-16(9-14)21(27-28(20)30(2)23)22-25-18-5-3-4-6-19(18)26-22;1-20(2)21(3,4)29-23(28-20)13-10-11-17-14(12-13)18(26-27(17)30(5)22)19-24-15-8-6-7-9-16(15)25-19;1-12-14(11-27)9-22-10-16(12)13-6-7-17-15(8-13)20(26-25-17)21-23-18-4-2-3-5-19(18)24-21;3*1-5-6(4-10)2-9-3-7(5)8/h3-11,29H,12H2,1-2H3,(H,25,26);6-12H,1-5H3,(H,24,25);2-10,27H,11H2,1H3,(H,23,24)(H,25,26);2*2-3,10H,4H2,1H3;2-4H,1H3. The fraction of sp³-hybridized carbons (Fsp3) is 0.200. The van der Waals surface area contributed by atoms with Crippen molar-refractivity contribution in [1.29, 1.82) is 0 Å². The summed E-state index contributed by atoms with van der Waals surface area (Å²) in [4.78, 5) is 54.8. The van der Waals surface area contributed by atoms with Gasteiger partial charge in [-0.15, -0.1) is 0 Å². The van der Waals surface area contributed by atoms with Crippen molar-refractivity contribution >= 4 is 163 Å². The Morgan fingerprint density at radius 1 is 0.453 bits per heavy atom. The van der Waals surface area contributed by atoms with E-state index < -0.39 is 34.2 Å². The van der Waals surface area contributed by atoms with Gasteiger partial charge in [0.05, 0.1) is 87.3 Å². The Bertz CT molecular complexity index is 6300. The Morgan fingerprint density at radius 3 is 1.24 bits per heavy atom. The fourth-order valence-corrected chi connectivity index (χ4v) is 15.6. The molecule has 11 aromatic heterocycles. The van der Waals surface area contributed by atoms with E-state index in [-0.39, 0.29) is 26.4 Å². The van der Waals surface area contributed by atoms with Crippen LogP contribution in [0.2, 0.25) is 0 Å². The number of carbonyl (C=O) groups is 1. The number of aldehydes is 1. The van der Waals surface area contributed by atoms with Crippen LogP contribution in [0, 0.1) is 34.6 Å². The topological polar surface area (TPSA) is 331 Å². The molecule has 32 heteroatoms. The molecule has 2 atom stereocenters. The van der Waals surface area contributed by atoms with Gasteiger partial charge in [0.2, 0.25) is 0 Å². The quantitative estimate of drug-likeness (QED) is 0.0302. The first-order chi connectivity index (χ1) is 56.2. The van der Waals surface area contributed by atoms with Gasteiger partial charge in [0, 0.05) is 108 Å². The predicted octanol–water partition coefficient (Wildman–Crippen LogP) is 17.5. The molecule has 0 saturated carbocycles. The molecule has 117 heavy (non-hydrogen) atoms. The molecule has 8 N–H and O–H groups in total. The van der Waals surface area contributed by atoms with Crippen molar-refractivity contribution < 1.29 is 34.5 Å². The number of benzene rings is 6. The highest BCUT2D eigenvalue weighted by atomic mass is 79.9. The number of para-hydroxylation sites is 6. The van der Waals surface area contributed by atoms with Crippen LogP contribution in [-0.4, -0.2) is 158 Å². The van der Waals surface area contributed by atoms with Crippen molar-refractivity contribution in [2.24, 2.45) is 0 Å². The summed E-state index contributed by atoms with van der Waals surface area (Å²) in [7, 11) is 10.2. The van der Waals surface area contributed by atoms with E-state index in [9.17, 15) is 15.0 Å². The number of aromatic nitrogens is 17. The largest absolute Gasteiger partial charge is 0.494 e. The number of halogens is 3. The maximum absolute atomic E-state index is 10.3. The normalized spacial score (nSPS) is 13.3. The third-order valence-corrected chi connectivity index (χ3v) is 24.9. The van der Waals surface area contributed by atoms with Crippen LogP contribution in [0.1, 0.15) is 88.1 Å². The minimum absolute atomic E-state index is 0.0230. The smallest absolute Gasteiger partial charge is 0.399 e. The third kappa shape index (κ3) is 18.3. The second-order valence-corrected chi connectivity index (χ2v) is 34.3. The molecule has 0 aliphatic carbocycles. The lowest BCUT2D eigenvalue weighted by molar-refractivity contribution is 0.00578. The van der Waals surface area contributed by atoms with Gasteiger partial charge < -0.3 is 44.7 Å². The van der Waals surface area contributed by atoms with Crippen molar-refractivity contribution in [1.82, 2.24) is 84.1 Å². The average molecular weight is 1790 g/mol. The minimum Gasteiger partial charge on any atom is -0.399 e. The second-order valence-electron chi connectivity index (χ2n) is 28.7. The zero-order valence-electron chi connectivity index (χ0n) is 65.9. The zero-order chi connectivity index (χ0) is 83.1. The van der Waals surface area contributed by atoms with Crippen LogP contribution < -0.4 is 5.46 Å². The summed E-state index contributed by atoms with van der Waals surface area (Å²) in [6, 6.07) is 42.3. The Balaban J connectivity index is 0.000000130. The molecule has 6 aromatic carbocycles. The number of hydrogen-bond acceptors (Lipinski definition) is 18. The Kier molecular flexibility index (Phi) is 26.6. The molecule has 0 spiro atoms. The van der Waals surface area contributed by atoms with Crippen molar-refractivity contribution in [3.8, 4) is 56.8 Å². The molecule has 1 fully saturated rings. The average Bonchev–Trinajstić information content (AvgIpc) is 1.61. The Hall–Kier alpha value is -10.2. The van der Waals surface area contributed by atoms with E-state index in [0.29, 0.717) is 11.4 Å². The maximum atomic E-state index is 10.3. The van der Waals surface area contributed by atoms with E-state index in [1.807, 2.05) is 178 Å². The van der Waals surface area contributed by atoms with Crippen LogP contribution in [0.5, 0.6) is 0 Å². The Morgan fingerprint density at radius 2 is 0.829 bits per heavy atom. The minimum atomic E-state index is -0.948. The van der Waals surface area contributed by atoms with Crippen molar-refractivity contribution in [2.75, 3.05) is 13.3 Å². The third-order valence-electron chi connectivity index (χ3n) is 20.7. The van der Waals surface area contributed by atoms with Crippen LogP contribution in [-0.2, 0) is 35.7 Å². The van der Waals surface area contributed by atoms with Gasteiger partial charge >= 0.3 is 7.12 Å². The lowest BCUT2D eigenvalue weighted by Crippen LogP contribution is -2.41. The number of hydrogen-bond donors (Lipinski definition) is 8. The van der Waals surface area contributed by atoms with Gasteiger partial charge in [0.15, 0.2) is 23.8 Å². The first-order valence-electron chi connectivity index (χ1n) is 37.0. The number of fused-ring (bicyclic) bond motifs is 6. The molecule has 0 bridgehead atoms. The lowest BCUT2D eigenvalue weighted by atomic mass is 9.78. The Labute approximate surface area is 705 Å². The number of aromatic amines is 4. The van der Waals surface area contributed by atoms with Gasteiger partial charge in [-0.3, -0.25) is 43.7 Å². The molecule has 2 unspecified atom stereocenters. The number of aliphatic hydroxyl groups is 4. The number of carbonyl (C=O) groups excluding carboxylic acids is 1. The van der Waals surface area contributed by atoms with E-state index in [1.54, 1.807) is 49.6 Å². The summed E-state index contributed by atoms with van der Waals surface area (Å²) < 4.78 is 19.0. The SMILES string of the molecule is Cc1c(Br)cncc1C=O.Cc1c(Br)cncc1CO.Cc1c(Br)cncc1CO.Cc1c(CO)cncc1-c1ccc2[nH]nc(-c3nc4ccccc4[nH]3)c2c1.[B]P(C)n1nc(-c2nc3ccccc3[nH]2)c2cc(-c3cncc(CO)c3C)ccc21.[B]P(C)n1nc(-c2nc3ccccc3[nH]2)c2cc(B3OC(C)(C)C(C)(C)O3)ccc21. The van der Waals surface area contributed by atoms with E-state index in [1.165, 1.54) is 0 Å². The molecular formula is C85H81B3Br3N17O7P2. The summed E-state index contributed by atoms with van der Waals surface area (Å²) >= 11 is 9.89. The number of nitrogens with zero attached hydrogens (tertiary/aromatic N) is 13. The van der Waals surface area contributed by atoms with Gasteiger partial charge in [-0.05, 0) is 273 Å². The molecule has 1 saturated heterocycles. The number of imidazole rings is 3. The highest BCUT2D eigenvalue weighted by Gasteiger charge is 2.52. The van der Waals surface area contributed by atoms with Crippen LogP contribution >= 0.6 is 63.7 Å². The van der Waals surface area contributed by atoms with E-state index in [4.69, 9.17) is 54.8 Å². The number of aliphatic hydroxyl groups excluding tert-OH is 4. The molecule has 24 nitrogen and oxygen atoms in total.